The van der Waals surface area contributed by atoms with Crippen LogP contribution in [0.25, 0.3) is 0 Å². The Labute approximate surface area is 126 Å². The predicted octanol–water partition coefficient (Wildman–Crippen LogP) is 2.98. The van der Waals surface area contributed by atoms with E-state index in [1.807, 2.05) is 18.4 Å². The van der Waals surface area contributed by atoms with Gasteiger partial charge in [0.1, 0.15) is 0 Å². The molecule has 1 N–H and O–H groups in total. The molecular weight excluding hydrogens is 270 g/mol. The number of aromatic nitrogens is 1. The fourth-order valence-corrected chi connectivity index (χ4v) is 3.97. The molecule has 1 saturated heterocycles. The van der Waals surface area contributed by atoms with Crippen molar-refractivity contribution in [3.05, 3.63) is 10.6 Å². The number of hydrogen-bond acceptors (Lipinski definition) is 5. The van der Waals surface area contributed by atoms with Gasteiger partial charge in [0.2, 0.25) is 0 Å². The molecule has 4 nitrogen and oxygen atoms in total. The van der Waals surface area contributed by atoms with Crippen LogP contribution in [0.3, 0.4) is 0 Å². The van der Waals surface area contributed by atoms with Gasteiger partial charge in [-0.15, -0.1) is 11.3 Å². The van der Waals surface area contributed by atoms with Gasteiger partial charge in [-0.2, -0.15) is 0 Å². The van der Waals surface area contributed by atoms with Crippen molar-refractivity contribution in [3.63, 3.8) is 0 Å². The summed E-state index contributed by atoms with van der Waals surface area (Å²) in [6.07, 6.45) is 1.50. The quantitative estimate of drug-likeness (QED) is 0.906. The van der Waals surface area contributed by atoms with Crippen LogP contribution >= 0.6 is 11.3 Å². The minimum absolute atomic E-state index is 0.322. The highest BCUT2D eigenvalue weighted by molar-refractivity contribution is 7.15. The van der Waals surface area contributed by atoms with Crippen LogP contribution in [0.4, 0.5) is 5.13 Å². The van der Waals surface area contributed by atoms with E-state index in [0.29, 0.717) is 18.1 Å². The zero-order valence-corrected chi connectivity index (χ0v) is 14.1. The van der Waals surface area contributed by atoms with Crippen LogP contribution in [0, 0.1) is 12.8 Å². The lowest BCUT2D eigenvalue weighted by Gasteiger charge is -2.36. The average molecular weight is 297 g/mol. The van der Waals surface area contributed by atoms with Crippen molar-refractivity contribution in [3.8, 4) is 0 Å². The molecule has 2 heterocycles. The van der Waals surface area contributed by atoms with Gasteiger partial charge >= 0.3 is 0 Å². The van der Waals surface area contributed by atoms with Gasteiger partial charge in [0, 0.05) is 31.1 Å². The number of nitrogens with one attached hydrogen (secondary N) is 1. The molecule has 5 heteroatoms. The first-order valence-corrected chi connectivity index (χ1v) is 8.36. The highest BCUT2D eigenvalue weighted by atomic mass is 32.1. The standard InChI is InChI=1S/C15H27N3OS/c1-6-16-11(3)14-12(4)17-15(20-14)18-8-7-10(2)13(9-18)19-5/h10-11,13,16H,6-9H2,1-5H3. The molecule has 0 radical (unpaired) electrons. The summed E-state index contributed by atoms with van der Waals surface area (Å²) >= 11 is 1.82. The zero-order chi connectivity index (χ0) is 14.7. The summed E-state index contributed by atoms with van der Waals surface area (Å²) in [5.74, 6) is 0.637. The molecule has 0 aromatic carbocycles. The third kappa shape index (κ3) is 3.32. The molecule has 1 aromatic rings. The molecule has 2 rings (SSSR count). The molecule has 0 aliphatic carbocycles. The highest BCUT2D eigenvalue weighted by Crippen LogP contribution is 2.33. The van der Waals surface area contributed by atoms with Crippen LogP contribution in [0.15, 0.2) is 0 Å². The SMILES string of the molecule is CCNC(C)c1sc(N2CCC(C)C(OC)C2)nc1C. The van der Waals surface area contributed by atoms with Crippen LogP contribution in [0.2, 0.25) is 0 Å². The first-order valence-electron chi connectivity index (χ1n) is 7.55. The Morgan fingerprint density at radius 1 is 1.55 bits per heavy atom. The Kier molecular flexibility index (Phi) is 5.41. The van der Waals surface area contributed by atoms with Crippen molar-refractivity contribution >= 4 is 16.5 Å². The van der Waals surface area contributed by atoms with Crippen molar-refractivity contribution in [1.82, 2.24) is 10.3 Å². The Morgan fingerprint density at radius 3 is 2.95 bits per heavy atom. The number of aryl methyl sites for hydroxylation is 1. The summed E-state index contributed by atoms with van der Waals surface area (Å²) < 4.78 is 5.60. The molecular formula is C15H27N3OS. The van der Waals surface area contributed by atoms with E-state index < -0.39 is 0 Å². The largest absolute Gasteiger partial charge is 0.379 e. The lowest BCUT2D eigenvalue weighted by molar-refractivity contribution is 0.0498. The lowest BCUT2D eigenvalue weighted by Crippen LogP contribution is -2.43. The second-order valence-electron chi connectivity index (χ2n) is 5.71. The molecule has 1 aliphatic heterocycles. The summed E-state index contributed by atoms with van der Waals surface area (Å²) in [5, 5.41) is 4.62. The predicted molar refractivity (Wildman–Crippen MR) is 85.7 cm³/mol. The van der Waals surface area contributed by atoms with Crippen molar-refractivity contribution in [2.75, 3.05) is 31.6 Å². The average Bonchev–Trinajstić information content (AvgIpc) is 2.82. The maximum absolute atomic E-state index is 5.60. The molecule has 1 fully saturated rings. The number of nitrogens with zero attached hydrogens (tertiary/aromatic N) is 2. The molecule has 0 bridgehead atoms. The maximum atomic E-state index is 5.60. The van der Waals surface area contributed by atoms with Gasteiger partial charge in [0.25, 0.3) is 0 Å². The normalized spacial score (nSPS) is 24.9. The first-order chi connectivity index (χ1) is 9.56. The van der Waals surface area contributed by atoms with Crippen LogP contribution in [0.5, 0.6) is 0 Å². The molecule has 20 heavy (non-hydrogen) atoms. The summed E-state index contributed by atoms with van der Waals surface area (Å²) in [6.45, 7) is 11.8. The Morgan fingerprint density at radius 2 is 2.30 bits per heavy atom. The second-order valence-corrected chi connectivity index (χ2v) is 6.72. The smallest absolute Gasteiger partial charge is 0.185 e. The topological polar surface area (TPSA) is 37.4 Å². The van der Waals surface area contributed by atoms with Crippen LogP contribution in [-0.2, 0) is 4.74 Å². The van der Waals surface area contributed by atoms with Gasteiger partial charge < -0.3 is 15.0 Å². The number of anilines is 1. The Balaban J connectivity index is 2.11. The fraction of sp³-hybridized carbons (Fsp3) is 0.800. The van der Waals surface area contributed by atoms with Gasteiger partial charge in [0.05, 0.1) is 11.8 Å². The van der Waals surface area contributed by atoms with E-state index >= 15 is 0 Å². The molecule has 3 atom stereocenters. The number of methoxy groups -OCH3 is 1. The van der Waals surface area contributed by atoms with E-state index in [1.165, 1.54) is 11.3 Å². The lowest BCUT2D eigenvalue weighted by atomic mass is 9.96. The number of rotatable bonds is 5. The minimum atomic E-state index is 0.322. The van der Waals surface area contributed by atoms with Crippen molar-refractivity contribution in [2.24, 2.45) is 5.92 Å². The van der Waals surface area contributed by atoms with Crippen LogP contribution < -0.4 is 10.2 Å². The molecule has 114 valence electrons. The van der Waals surface area contributed by atoms with E-state index in [4.69, 9.17) is 9.72 Å². The monoisotopic (exact) mass is 297 g/mol. The molecule has 1 aromatic heterocycles. The van der Waals surface area contributed by atoms with Gasteiger partial charge in [-0.3, -0.25) is 0 Å². The molecule has 3 unspecified atom stereocenters. The van der Waals surface area contributed by atoms with Crippen LogP contribution in [-0.4, -0.2) is 37.8 Å². The summed E-state index contributed by atoms with van der Waals surface area (Å²) in [7, 11) is 1.82. The summed E-state index contributed by atoms with van der Waals surface area (Å²) in [6, 6.07) is 0.383. The third-order valence-electron chi connectivity index (χ3n) is 4.19. The van der Waals surface area contributed by atoms with E-state index in [9.17, 15) is 0 Å². The number of ether oxygens (including phenoxy) is 1. The van der Waals surface area contributed by atoms with E-state index in [-0.39, 0.29) is 0 Å². The zero-order valence-electron chi connectivity index (χ0n) is 13.3. The molecule has 1 aliphatic rings. The fourth-order valence-electron chi connectivity index (χ4n) is 2.84. The summed E-state index contributed by atoms with van der Waals surface area (Å²) in [5.41, 5.74) is 1.16. The Hall–Kier alpha value is -0.650. The summed E-state index contributed by atoms with van der Waals surface area (Å²) in [4.78, 5) is 8.52. The number of piperidine rings is 1. The van der Waals surface area contributed by atoms with E-state index in [1.54, 1.807) is 0 Å². The first kappa shape index (κ1) is 15.7. The minimum Gasteiger partial charge on any atom is -0.379 e. The molecule has 0 amide bonds. The molecule has 0 spiro atoms. The van der Waals surface area contributed by atoms with Crippen LogP contribution in [0.1, 0.15) is 43.8 Å². The number of hydrogen-bond donors (Lipinski definition) is 1. The van der Waals surface area contributed by atoms with Crippen molar-refractivity contribution < 1.29 is 4.74 Å². The third-order valence-corrected chi connectivity index (χ3v) is 5.59. The van der Waals surface area contributed by atoms with Gasteiger partial charge in [-0.25, -0.2) is 4.98 Å². The number of thiazole rings is 1. The molecule has 0 saturated carbocycles. The van der Waals surface area contributed by atoms with Crippen molar-refractivity contribution in [2.45, 2.75) is 46.3 Å². The van der Waals surface area contributed by atoms with Gasteiger partial charge in [-0.1, -0.05) is 13.8 Å². The highest BCUT2D eigenvalue weighted by Gasteiger charge is 2.28. The second kappa shape index (κ2) is 6.87. The Bertz CT molecular complexity index is 435. The van der Waals surface area contributed by atoms with Gasteiger partial charge in [-0.05, 0) is 32.7 Å². The van der Waals surface area contributed by atoms with E-state index in [0.717, 1.165) is 30.5 Å². The van der Waals surface area contributed by atoms with E-state index in [2.05, 4.69) is 37.9 Å². The van der Waals surface area contributed by atoms with Gasteiger partial charge in [0.15, 0.2) is 5.13 Å². The van der Waals surface area contributed by atoms with Crippen molar-refractivity contribution in [1.29, 1.82) is 0 Å². The maximum Gasteiger partial charge on any atom is 0.185 e.